The minimum atomic E-state index is -0.484. The Bertz CT molecular complexity index is 923. The molecular weight excluding hydrogens is 377 g/mol. The quantitative estimate of drug-likeness (QED) is 0.658. The van der Waals surface area contributed by atoms with Crippen LogP contribution in [0.5, 0.6) is 0 Å². The molecular formula is C17H15BrFN3O2. The molecule has 0 bridgehead atoms. The lowest BCUT2D eigenvalue weighted by atomic mass is 10.1. The van der Waals surface area contributed by atoms with Gasteiger partial charge in [-0.1, -0.05) is 34.9 Å². The Morgan fingerprint density at radius 1 is 1.33 bits per heavy atom. The third-order valence-electron chi connectivity index (χ3n) is 3.73. The van der Waals surface area contributed by atoms with Crippen LogP contribution in [0.25, 0.3) is 11.1 Å². The number of anilines is 1. The molecule has 124 valence electrons. The maximum absolute atomic E-state index is 14.1. The van der Waals surface area contributed by atoms with Gasteiger partial charge in [-0.05, 0) is 30.2 Å². The summed E-state index contributed by atoms with van der Waals surface area (Å²) in [6.07, 6.45) is 1.41. The lowest BCUT2D eigenvalue weighted by Crippen LogP contribution is -2.27. The van der Waals surface area contributed by atoms with Crippen molar-refractivity contribution in [3.63, 3.8) is 0 Å². The van der Waals surface area contributed by atoms with E-state index in [0.29, 0.717) is 21.1 Å². The molecule has 0 radical (unpaired) electrons. The van der Waals surface area contributed by atoms with E-state index in [4.69, 9.17) is 4.52 Å². The highest BCUT2D eigenvalue weighted by atomic mass is 79.9. The number of benzene rings is 1. The van der Waals surface area contributed by atoms with Crippen LogP contribution in [0.1, 0.15) is 35.8 Å². The van der Waals surface area contributed by atoms with E-state index < -0.39 is 5.82 Å². The Balaban J connectivity index is 1.99. The maximum atomic E-state index is 14.1. The molecule has 1 aromatic carbocycles. The van der Waals surface area contributed by atoms with E-state index in [9.17, 15) is 9.18 Å². The second-order valence-corrected chi connectivity index (χ2v) is 6.67. The van der Waals surface area contributed by atoms with Crippen LogP contribution >= 0.6 is 15.9 Å². The molecule has 3 aromatic rings. The van der Waals surface area contributed by atoms with Gasteiger partial charge >= 0.3 is 0 Å². The third kappa shape index (κ3) is 2.91. The Hall–Kier alpha value is -2.28. The van der Waals surface area contributed by atoms with Crippen molar-refractivity contribution < 1.29 is 13.7 Å². The second kappa shape index (κ2) is 6.32. The SMILES string of the molecule is CC(C)c1noc2ncc(C(=O)N(C)c3ccc(Br)cc3F)cc12. The molecule has 24 heavy (non-hydrogen) atoms. The summed E-state index contributed by atoms with van der Waals surface area (Å²) in [6, 6.07) is 6.23. The molecule has 0 N–H and O–H groups in total. The average Bonchev–Trinajstić information content (AvgIpc) is 2.96. The number of carbonyl (C=O) groups excluding carboxylic acids is 1. The Morgan fingerprint density at radius 3 is 2.75 bits per heavy atom. The van der Waals surface area contributed by atoms with Crippen LogP contribution in [0.4, 0.5) is 10.1 Å². The van der Waals surface area contributed by atoms with Crippen LogP contribution in [-0.2, 0) is 0 Å². The maximum Gasteiger partial charge on any atom is 0.259 e. The van der Waals surface area contributed by atoms with Crippen LogP contribution < -0.4 is 4.90 Å². The van der Waals surface area contributed by atoms with E-state index in [1.165, 1.54) is 24.2 Å². The largest absolute Gasteiger partial charge is 0.336 e. The smallest absolute Gasteiger partial charge is 0.259 e. The average molecular weight is 392 g/mol. The first kappa shape index (κ1) is 16.6. The van der Waals surface area contributed by atoms with E-state index in [1.807, 2.05) is 13.8 Å². The lowest BCUT2D eigenvalue weighted by Gasteiger charge is -2.18. The molecule has 0 spiro atoms. The van der Waals surface area contributed by atoms with Gasteiger partial charge in [0.25, 0.3) is 11.6 Å². The van der Waals surface area contributed by atoms with Crippen molar-refractivity contribution in [1.29, 1.82) is 0 Å². The zero-order chi connectivity index (χ0) is 17.4. The van der Waals surface area contributed by atoms with Crippen molar-refractivity contribution in [2.75, 3.05) is 11.9 Å². The zero-order valence-corrected chi connectivity index (χ0v) is 15.0. The van der Waals surface area contributed by atoms with Crippen LogP contribution in [0.2, 0.25) is 0 Å². The van der Waals surface area contributed by atoms with Gasteiger partial charge < -0.3 is 9.42 Å². The summed E-state index contributed by atoms with van der Waals surface area (Å²) in [6.45, 7) is 3.96. The van der Waals surface area contributed by atoms with Crippen molar-refractivity contribution in [2.45, 2.75) is 19.8 Å². The summed E-state index contributed by atoms with van der Waals surface area (Å²) in [5.41, 5.74) is 1.66. The van der Waals surface area contributed by atoms with Gasteiger partial charge in [-0.15, -0.1) is 0 Å². The minimum absolute atomic E-state index is 0.139. The summed E-state index contributed by atoms with van der Waals surface area (Å²) in [5, 5.41) is 4.69. The van der Waals surface area contributed by atoms with Gasteiger partial charge in [-0.2, -0.15) is 0 Å². The van der Waals surface area contributed by atoms with Gasteiger partial charge in [0.15, 0.2) is 0 Å². The Kier molecular flexibility index (Phi) is 4.36. The zero-order valence-electron chi connectivity index (χ0n) is 13.4. The summed E-state index contributed by atoms with van der Waals surface area (Å²) >= 11 is 3.20. The molecule has 0 unspecified atom stereocenters. The van der Waals surface area contributed by atoms with Crippen molar-refractivity contribution in [1.82, 2.24) is 10.1 Å². The molecule has 0 saturated heterocycles. The van der Waals surface area contributed by atoms with Crippen molar-refractivity contribution >= 4 is 38.6 Å². The van der Waals surface area contributed by atoms with E-state index in [0.717, 1.165) is 5.69 Å². The first-order valence-corrected chi connectivity index (χ1v) is 8.16. The molecule has 0 saturated carbocycles. The van der Waals surface area contributed by atoms with Crippen LogP contribution in [-0.4, -0.2) is 23.1 Å². The Morgan fingerprint density at radius 2 is 2.08 bits per heavy atom. The van der Waals surface area contributed by atoms with E-state index in [-0.39, 0.29) is 17.5 Å². The fraction of sp³-hybridized carbons (Fsp3) is 0.235. The predicted octanol–water partition coefficient (Wildman–Crippen LogP) is 4.52. The standard InChI is InChI=1S/C17H15BrFN3O2/c1-9(2)15-12-6-10(8-20-16(12)24-21-15)17(23)22(3)14-5-4-11(18)7-13(14)19/h4-9H,1-3H3. The monoisotopic (exact) mass is 391 g/mol. The van der Waals surface area contributed by atoms with Crippen LogP contribution in [0.3, 0.4) is 0 Å². The van der Waals surface area contributed by atoms with Gasteiger partial charge in [0.05, 0.1) is 22.3 Å². The Labute approximate surface area is 146 Å². The topological polar surface area (TPSA) is 59.2 Å². The molecule has 7 heteroatoms. The number of rotatable bonds is 3. The van der Waals surface area contributed by atoms with E-state index in [1.54, 1.807) is 18.2 Å². The number of halogens is 2. The highest BCUT2D eigenvalue weighted by molar-refractivity contribution is 9.10. The van der Waals surface area contributed by atoms with Gasteiger partial charge in [-0.25, -0.2) is 9.37 Å². The minimum Gasteiger partial charge on any atom is -0.336 e. The normalized spacial score (nSPS) is 11.2. The second-order valence-electron chi connectivity index (χ2n) is 5.76. The first-order valence-electron chi connectivity index (χ1n) is 7.37. The summed E-state index contributed by atoms with van der Waals surface area (Å²) < 4.78 is 19.9. The van der Waals surface area contributed by atoms with Gasteiger partial charge in [0.2, 0.25) is 0 Å². The highest BCUT2D eigenvalue weighted by Crippen LogP contribution is 2.26. The number of nitrogens with zero attached hydrogens (tertiary/aromatic N) is 3. The fourth-order valence-corrected chi connectivity index (χ4v) is 2.77. The fourth-order valence-electron chi connectivity index (χ4n) is 2.44. The van der Waals surface area contributed by atoms with E-state index in [2.05, 4.69) is 26.1 Å². The molecule has 3 rings (SSSR count). The molecule has 0 aliphatic carbocycles. The lowest BCUT2D eigenvalue weighted by molar-refractivity contribution is 0.0992. The summed E-state index contributed by atoms with van der Waals surface area (Å²) in [4.78, 5) is 18.1. The van der Waals surface area contributed by atoms with Crippen molar-refractivity contribution in [3.05, 3.63) is 52.0 Å². The molecule has 5 nitrogen and oxygen atoms in total. The van der Waals surface area contributed by atoms with Crippen LogP contribution in [0, 0.1) is 5.82 Å². The van der Waals surface area contributed by atoms with Gasteiger partial charge in [0.1, 0.15) is 5.82 Å². The molecule has 0 aliphatic heterocycles. The van der Waals surface area contributed by atoms with Crippen molar-refractivity contribution in [3.8, 4) is 0 Å². The van der Waals surface area contributed by atoms with Crippen LogP contribution in [0.15, 0.2) is 39.5 Å². The van der Waals surface area contributed by atoms with E-state index >= 15 is 0 Å². The summed E-state index contributed by atoms with van der Waals surface area (Å²) in [7, 11) is 1.52. The molecule has 0 aliphatic rings. The number of amides is 1. The summed E-state index contributed by atoms with van der Waals surface area (Å²) in [5.74, 6) is -0.705. The molecule has 2 heterocycles. The number of pyridine rings is 1. The van der Waals surface area contributed by atoms with Crippen molar-refractivity contribution in [2.24, 2.45) is 0 Å². The number of hydrogen-bond donors (Lipinski definition) is 0. The number of carbonyl (C=O) groups is 1. The predicted molar refractivity (Wildman–Crippen MR) is 92.7 cm³/mol. The molecule has 1 amide bonds. The third-order valence-corrected chi connectivity index (χ3v) is 4.22. The number of hydrogen-bond acceptors (Lipinski definition) is 4. The first-order chi connectivity index (χ1) is 11.4. The number of fused-ring (bicyclic) bond motifs is 1. The number of aromatic nitrogens is 2. The van der Waals surface area contributed by atoms with Gasteiger partial charge in [0, 0.05) is 17.7 Å². The molecule has 0 fully saturated rings. The molecule has 2 aromatic heterocycles. The molecule has 0 atom stereocenters. The highest BCUT2D eigenvalue weighted by Gasteiger charge is 2.20. The van der Waals surface area contributed by atoms with Gasteiger partial charge in [-0.3, -0.25) is 4.79 Å².